The fourth-order valence-electron chi connectivity index (χ4n) is 2.97. The lowest BCUT2D eigenvalue weighted by atomic mass is 9.97. The molecule has 106 valence electrons. The Hall–Kier alpha value is -0.860. The van der Waals surface area contributed by atoms with Crippen LogP contribution in [0.3, 0.4) is 0 Å². The summed E-state index contributed by atoms with van der Waals surface area (Å²) in [7, 11) is 2.30. The van der Waals surface area contributed by atoms with E-state index in [0.29, 0.717) is 5.92 Å². The fraction of sp³-hybridized carbons (Fsp3) is 0.647. The molecule has 0 bridgehead atoms. The van der Waals surface area contributed by atoms with Gasteiger partial charge < -0.3 is 10.2 Å². The van der Waals surface area contributed by atoms with Crippen molar-refractivity contribution in [3.05, 3.63) is 35.9 Å². The van der Waals surface area contributed by atoms with E-state index in [1.165, 1.54) is 50.9 Å². The lowest BCUT2D eigenvalue weighted by molar-refractivity contribution is 0.218. The third-order valence-electron chi connectivity index (χ3n) is 4.45. The Labute approximate surface area is 118 Å². The van der Waals surface area contributed by atoms with Crippen molar-refractivity contribution < 1.29 is 0 Å². The molecule has 2 unspecified atom stereocenters. The van der Waals surface area contributed by atoms with Gasteiger partial charge in [0.1, 0.15) is 0 Å². The number of nitrogens with one attached hydrogen (secondary N) is 1. The minimum Gasteiger partial charge on any atom is -0.317 e. The SMILES string of the molecule is CC(CCN(C)C1CCCNCC1)c1ccccc1. The van der Waals surface area contributed by atoms with E-state index in [2.05, 4.69) is 54.5 Å². The molecule has 2 nitrogen and oxygen atoms in total. The summed E-state index contributed by atoms with van der Waals surface area (Å²) >= 11 is 0. The lowest BCUT2D eigenvalue weighted by Crippen LogP contribution is -2.33. The molecular weight excluding hydrogens is 232 g/mol. The van der Waals surface area contributed by atoms with E-state index in [0.717, 1.165) is 6.04 Å². The second kappa shape index (κ2) is 7.66. The van der Waals surface area contributed by atoms with E-state index in [1.54, 1.807) is 0 Å². The van der Waals surface area contributed by atoms with Crippen molar-refractivity contribution in [2.75, 3.05) is 26.7 Å². The minimum absolute atomic E-state index is 0.660. The van der Waals surface area contributed by atoms with Crippen molar-refractivity contribution in [2.24, 2.45) is 0 Å². The Morgan fingerprint density at radius 3 is 2.79 bits per heavy atom. The third-order valence-corrected chi connectivity index (χ3v) is 4.45. The van der Waals surface area contributed by atoms with Gasteiger partial charge in [0.15, 0.2) is 0 Å². The monoisotopic (exact) mass is 260 g/mol. The topological polar surface area (TPSA) is 15.3 Å². The Kier molecular flexibility index (Phi) is 5.87. The van der Waals surface area contributed by atoms with Crippen LogP contribution < -0.4 is 5.32 Å². The van der Waals surface area contributed by atoms with E-state index in [1.807, 2.05) is 0 Å². The number of nitrogens with zero attached hydrogens (tertiary/aromatic N) is 1. The zero-order chi connectivity index (χ0) is 13.5. The van der Waals surface area contributed by atoms with Crippen molar-refractivity contribution >= 4 is 0 Å². The molecule has 1 N–H and O–H groups in total. The molecule has 2 rings (SSSR count). The van der Waals surface area contributed by atoms with E-state index in [-0.39, 0.29) is 0 Å². The van der Waals surface area contributed by atoms with Crippen molar-refractivity contribution in [3.63, 3.8) is 0 Å². The first-order valence-corrected chi connectivity index (χ1v) is 7.73. The average Bonchev–Trinajstić information content (AvgIpc) is 2.74. The molecule has 1 aliphatic heterocycles. The summed E-state index contributed by atoms with van der Waals surface area (Å²) in [6, 6.07) is 11.7. The van der Waals surface area contributed by atoms with E-state index in [9.17, 15) is 0 Å². The molecule has 1 heterocycles. The first kappa shape index (κ1) is 14.5. The summed E-state index contributed by atoms with van der Waals surface area (Å²) in [6.07, 6.45) is 5.23. The van der Waals surface area contributed by atoms with E-state index in [4.69, 9.17) is 0 Å². The van der Waals surface area contributed by atoms with E-state index >= 15 is 0 Å². The van der Waals surface area contributed by atoms with Gasteiger partial charge >= 0.3 is 0 Å². The molecule has 0 radical (unpaired) electrons. The van der Waals surface area contributed by atoms with Crippen LogP contribution in [-0.4, -0.2) is 37.6 Å². The predicted octanol–water partition coefficient (Wildman–Crippen LogP) is 3.25. The third kappa shape index (κ3) is 4.63. The van der Waals surface area contributed by atoms with Crippen LogP contribution in [0, 0.1) is 0 Å². The van der Waals surface area contributed by atoms with Gasteiger partial charge in [-0.25, -0.2) is 0 Å². The maximum atomic E-state index is 3.50. The number of rotatable bonds is 5. The van der Waals surface area contributed by atoms with Gasteiger partial charge in [0, 0.05) is 6.04 Å². The molecule has 0 aromatic heterocycles. The van der Waals surface area contributed by atoms with Gasteiger partial charge in [-0.2, -0.15) is 0 Å². The predicted molar refractivity (Wildman–Crippen MR) is 82.6 cm³/mol. The van der Waals surface area contributed by atoms with Crippen LogP contribution in [0.4, 0.5) is 0 Å². The molecule has 0 amide bonds. The van der Waals surface area contributed by atoms with E-state index < -0.39 is 0 Å². The number of hydrogen-bond acceptors (Lipinski definition) is 2. The van der Waals surface area contributed by atoms with Gasteiger partial charge in [0.25, 0.3) is 0 Å². The summed E-state index contributed by atoms with van der Waals surface area (Å²) in [4.78, 5) is 2.58. The van der Waals surface area contributed by atoms with Crippen molar-refractivity contribution in [2.45, 2.75) is 44.6 Å². The minimum atomic E-state index is 0.660. The maximum Gasteiger partial charge on any atom is 0.0105 e. The molecule has 0 saturated carbocycles. The Bertz CT molecular complexity index is 342. The Balaban J connectivity index is 1.77. The first-order chi connectivity index (χ1) is 9.27. The zero-order valence-electron chi connectivity index (χ0n) is 12.4. The molecule has 1 aliphatic rings. The molecule has 1 fully saturated rings. The Morgan fingerprint density at radius 1 is 1.21 bits per heavy atom. The first-order valence-electron chi connectivity index (χ1n) is 7.73. The lowest BCUT2D eigenvalue weighted by Gasteiger charge is -2.28. The Morgan fingerprint density at radius 2 is 2.00 bits per heavy atom. The number of benzene rings is 1. The van der Waals surface area contributed by atoms with Crippen LogP contribution in [0.25, 0.3) is 0 Å². The molecular formula is C17H28N2. The van der Waals surface area contributed by atoms with Crippen LogP contribution in [0.5, 0.6) is 0 Å². The zero-order valence-corrected chi connectivity index (χ0v) is 12.4. The van der Waals surface area contributed by atoms with Gasteiger partial charge in [-0.15, -0.1) is 0 Å². The molecule has 1 aromatic rings. The van der Waals surface area contributed by atoms with Crippen molar-refractivity contribution in [3.8, 4) is 0 Å². The number of hydrogen-bond donors (Lipinski definition) is 1. The summed E-state index contributed by atoms with van der Waals surface area (Å²) in [6.45, 7) is 5.94. The summed E-state index contributed by atoms with van der Waals surface area (Å²) < 4.78 is 0. The van der Waals surface area contributed by atoms with Crippen LogP contribution in [0.15, 0.2) is 30.3 Å². The maximum absolute atomic E-state index is 3.50. The van der Waals surface area contributed by atoms with Crippen LogP contribution >= 0.6 is 0 Å². The molecule has 0 spiro atoms. The van der Waals surface area contributed by atoms with Crippen molar-refractivity contribution in [1.29, 1.82) is 0 Å². The van der Waals surface area contributed by atoms with Gasteiger partial charge in [0.2, 0.25) is 0 Å². The summed E-state index contributed by atoms with van der Waals surface area (Å²) in [5.41, 5.74) is 1.47. The largest absolute Gasteiger partial charge is 0.317 e. The van der Waals surface area contributed by atoms with Gasteiger partial charge in [-0.05, 0) is 63.8 Å². The standard InChI is InChI=1S/C17H28N2/c1-15(16-7-4-3-5-8-16)11-14-19(2)17-9-6-12-18-13-10-17/h3-5,7-8,15,17-18H,6,9-14H2,1-2H3. The molecule has 2 atom stereocenters. The highest BCUT2D eigenvalue weighted by Gasteiger charge is 2.17. The highest BCUT2D eigenvalue weighted by molar-refractivity contribution is 5.18. The van der Waals surface area contributed by atoms with Gasteiger partial charge in [0.05, 0.1) is 0 Å². The van der Waals surface area contributed by atoms with Crippen LogP contribution in [-0.2, 0) is 0 Å². The van der Waals surface area contributed by atoms with Crippen molar-refractivity contribution in [1.82, 2.24) is 10.2 Å². The average molecular weight is 260 g/mol. The quantitative estimate of drug-likeness (QED) is 0.874. The van der Waals surface area contributed by atoms with Gasteiger partial charge in [-0.1, -0.05) is 37.3 Å². The summed E-state index contributed by atoms with van der Waals surface area (Å²) in [5.74, 6) is 0.660. The molecule has 19 heavy (non-hydrogen) atoms. The highest BCUT2D eigenvalue weighted by Crippen LogP contribution is 2.20. The summed E-state index contributed by atoms with van der Waals surface area (Å²) in [5, 5.41) is 3.50. The fourth-order valence-corrected chi connectivity index (χ4v) is 2.97. The normalized spacial score (nSPS) is 22.2. The van der Waals surface area contributed by atoms with Gasteiger partial charge in [-0.3, -0.25) is 0 Å². The molecule has 1 aromatic carbocycles. The highest BCUT2D eigenvalue weighted by atomic mass is 15.1. The molecule has 2 heteroatoms. The molecule has 1 saturated heterocycles. The second-order valence-corrected chi connectivity index (χ2v) is 5.92. The van der Waals surface area contributed by atoms with Crippen LogP contribution in [0.2, 0.25) is 0 Å². The smallest absolute Gasteiger partial charge is 0.0105 e. The second-order valence-electron chi connectivity index (χ2n) is 5.92. The molecule has 0 aliphatic carbocycles. The van der Waals surface area contributed by atoms with Crippen LogP contribution in [0.1, 0.15) is 44.1 Å².